The van der Waals surface area contributed by atoms with Crippen molar-refractivity contribution in [1.29, 1.82) is 0 Å². The second-order valence-corrected chi connectivity index (χ2v) is 9.71. The van der Waals surface area contributed by atoms with Crippen LogP contribution >= 0.6 is 0 Å². The molecule has 1 saturated heterocycles. The Kier molecular flexibility index (Phi) is 11.2. The van der Waals surface area contributed by atoms with Gasteiger partial charge in [-0.1, -0.05) is 77.3 Å². The van der Waals surface area contributed by atoms with Crippen LogP contribution in [0.2, 0.25) is 0 Å². The molecule has 1 fully saturated rings. The number of hydrogen-bond acceptors (Lipinski definition) is 5. The van der Waals surface area contributed by atoms with Crippen molar-refractivity contribution < 1.29 is 23.9 Å². The lowest BCUT2D eigenvalue weighted by atomic mass is 9.94. The molecule has 35 heavy (non-hydrogen) atoms. The largest absolute Gasteiger partial charge is 0.460 e. The zero-order valence-electron chi connectivity index (χ0n) is 21.6. The van der Waals surface area contributed by atoms with Crippen LogP contribution < -0.4 is 16.0 Å². The first-order chi connectivity index (χ1) is 16.7. The van der Waals surface area contributed by atoms with Crippen LogP contribution in [0.5, 0.6) is 0 Å². The van der Waals surface area contributed by atoms with E-state index < -0.39 is 42.0 Å². The number of carbonyl (C=O) groups excluding carboxylic acids is 4. The maximum absolute atomic E-state index is 13.2. The summed E-state index contributed by atoms with van der Waals surface area (Å²) in [7, 11) is 0. The lowest BCUT2D eigenvalue weighted by Crippen LogP contribution is -2.55. The van der Waals surface area contributed by atoms with Crippen LogP contribution in [-0.4, -0.2) is 47.9 Å². The summed E-state index contributed by atoms with van der Waals surface area (Å²) < 4.78 is 5.87. The van der Waals surface area contributed by atoms with Gasteiger partial charge in [0.15, 0.2) is 0 Å². The molecule has 0 saturated carbocycles. The van der Waals surface area contributed by atoms with Gasteiger partial charge in [0.25, 0.3) is 0 Å². The van der Waals surface area contributed by atoms with Crippen LogP contribution in [0.4, 0.5) is 0 Å². The van der Waals surface area contributed by atoms with E-state index in [1.54, 1.807) is 6.92 Å². The summed E-state index contributed by atoms with van der Waals surface area (Å²) in [5, 5.41) is 8.28. The number of unbranched alkanes of at least 4 members (excludes halogenated alkanes) is 1. The Morgan fingerprint density at radius 1 is 0.943 bits per heavy atom. The molecule has 8 nitrogen and oxygen atoms in total. The predicted octanol–water partition coefficient (Wildman–Crippen LogP) is 2.89. The van der Waals surface area contributed by atoms with Crippen LogP contribution in [0.3, 0.4) is 0 Å². The monoisotopic (exact) mass is 487 g/mol. The van der Waals surface area contributed by atoms with Gasteiger partial charge < -0.3 is 20.7 Å². The van der Waals surface area contributed by atoms with Gasteiger partial charge in [-0.05, 0) is 30.7 Å². The number of ether oxygens (including phenoxy) is 1. The molecular weight excluding hydrogens is 446 g/mol. The van der Waals surface area contributed by atoms with Crippen LogP contribution in [-0.2, 0) is 30.3 Å². The van der Waals surface area contributed by atoms with Crippen molar-refractivity contribution in [2.75, 3.05) is 0 Å². The normalized spacial score (nSPS) is 26.1. The highest BCUT2D eigenvalue weighted by atomic mass is 16.5. The number of hydrogen-bond donors (Lipinski definition) is 3. The van der Waals surface area contributed by atoms with Crippen LogP contribution in [0.15, 0.2) is 30.3 Å². The number of benzene rings is 1. The highest BCUT2D eigenvalue weighted by Crippen LogP contribution is 2.21. The van der Waals surface area contributed by atoms with Crippen molar-refractivity contribution in [2.45, 2.75) is 97.4 Å². The molecule has 1 heterocycles. The molecule has 1 aliphatic heterocycles. The molecule has 0 aliphatic carbocycles. The van der Waals surface area contributed by atoms with Crippen LogP contribution in [0.1, 0.15) is 72.3 Å². The Balaban J connectivity index is 2.37. The first-order valence-corrected chi connectivity index (χ1v) is 12.8. The molecule has 6 atom stereocenters. The second kappa shape index (κ2) is 13.9. The number of esters is 1. The molecule has 0 aromatic heterocycles. The quantitative estimate of drug-likeness (QED) is 0.488. The third kappa shape index (κ3) is 8.67. The molecular formula is C27H41N3O5. The summed E-state index contributed by atoms with van der Waals surface area (Å²) >= 11 is 0. The Labute approximate surface area is 208 Å². The molecule has 0 bridgehead atoms. The smallest absolute Gasteiger partial charge is 0.329 e. The number of rotatable bonds is 8. The van der Waals surface area contributed by atoms with E-state index in [1.165, 1.54) is 0 Å². The van der Waals surface area contributed by atoms with Gasteiger partial charge in [0.2, 0.25) is 17.7 Å². The topological polar surface area (TPSA) is 114 Å². The Morgan fingerprint density at radius 3 is 2.26 bits per heavy atom. The van der Waals surface area contributed by atoms with Gasteiger partial charge in [-0.2, -0.15) is 0 Å². The van der Waals surface area contributed by atoms with Gasteiger partial charge in [-0.15, -0.1) is 0 Å². The minimum Gasteiger partial charge on any atom is -0.460 e. The molecule has 194 valence electrons. The maximum Gasteiger partial charge on any atom is 0.329 e. The second-order valence-electron chi connectivity index (χ2n) is 9.71. The molecule has 1 aromatic rings. The number of nitrogens with one attached hydrogen (secondary N) is 3. The van der Waals surface area contributed by atoms with Gasteiger partial charge >= 0.3 is 5.97 Å². The Hall–Kier alpha value is -2.90. The molecule has 8 heteroatoms. The molecule has 1 aromatic carbocycles. The van der Waals surface area contributed by atoms with Gasteiger partial charge in [0, 0.05) is 6.42 Å². The van der Waals surface area contributed by atoms with E-state index in [4.69, 9.17) is 4.74 Å². The van der Waals surface area contributed by atoms with E-state index in [0.29, 0.717) is 6.42 Å². The fraction of sp³-hybridized carbons (Fsp3) is 0.630. The van der Waals surface area contributed by atoms with Crippen molar-refractivity contribution >= 4 is 23.7 Å². The summed E-state index contributed by atoms with van der Waals surface area (Å²) in [6.07, 6.45) is 2.95. The van der Waals surface area contributed by atoms with E-state index in [0.717, 1.165) is 24.8 Å². The highest BCUT2D eigenvalue weighted by molar-refractivity contribution is 5.94. The maximum atomic E-state index is 13.2. The summed E-state index contributed by atoms with van der Waals surface area (Å²) in [4.78, 5) is 52.3. The predicted molar refractivity (Wildman–Crippen MR) is 134 cm³/mol. The summed E-state index contributed by atoms with van der Waals surface area (Å²) in [5.41, 5.74) is 0.880. The highest BCUT2D eigenvalue weighted by Gasteiger charge is 2.35. The third-order valence-electron chi connectivity index (χ3n) is 6.75. The SMILES string of the molecule is CCCC[C@H](C)[C@@H]1CC(=O)N[C@H](Cc2ccccc2)C(=O)N[C@H](C)C(=O)N[C@H]([C@H](C)CC)C(=O)O1. The average molecular weight is 488 g/mol. The summed E-state index contributed by atoms with van der Waals surface area (Å²) in [5.74, 6) is -2.07. The van der Waals surface area contributed by atoms with Gasteiger partial charge in [-0.25, -0.2) is 4.79 Å². The number of amides is 3. The molecule has 1 aliphatic rings. The molecule has 2 rings (SSSR count). The molecule has 0 unspecified atom stereocenters. The Bertz CT molecular complexity index is 860. The van der Waals surface area contributed by atoms with Gasteiger partial charge in [0.1, 0.15) is 24.2 Å². The van der Waals surface area contributed by atoms with E-state index >= 15 is 0 Å². The molecule has 3 amide bonds. The van der Waals surface area contributed by atoms with Crippen LogP contribution in [0, 0.1) is 11.8 Å². The first kappa shape index (κ1) is 28.3. The van der Waals surface area contributed by atoms with Crippen molar-refractivity contribution in [2.24, 2.45) is 11.8 Å². The van der Waals surface area contributed by atoms with E-state index in [1.807, 2.05) is 51.1 Å². The van der Waals surface area contributed by atoms with Crippen molar-refractivity contribution in [1.82, 2.24) is 16.0 Å². The fourth-order valence-electron chi connectivity index (χ4n) is 4.12. The molecule has 3 N–H and O–H groups in total. The minimum absolute atomic E-state index is 0.0497. The van der Waals surface area contributed by atoms with Crippen molar-refractivity contribution in [3.8, 4) is 0 Å². The molecule has 0 spiro atoms. The average Bonchev–Trinajstić information content (AvgIpc) is 2.84. The van der Waals surface area contributed by atoms with E-state index in [-0.39, 0.29) is 30.6 Å². The molecule has 0 radical (unpaired) electrons. The van der Waals surface area contributed by atoms with Crippen molar-refractivity contribution in [3.63, 3.8) is 0 Å². The standard InChI is InChI=1S/C27H41N3O5/c1-6-8-12-18(4)22-16-23(31)29-21(15-20-13-10-9-11-14-20)26(33)28-19(5)25(32)30-24(17(3)7-2)27(34)35-22/h9-11,13-14,17-19,21-22,24H,6-8,12,15-16H2,1-5H3,(H,28,33)(H,29,31)(H,30,32)/t17-,18+,19-,21-,22+,24-/m1/s1. The Morgan fingerprint density at radius 2 is 1.63 bits per heavy atom. The van der Waals surface area contributed by atoms with Gasteiger partial charge in [0.05, 0.1) is 6.42 Å². The zero-order chi connectivity index (χ0) is 26.0. The van der Waals surface area contributed by atoms with Crippen molar-refractivity contribution in [3.05, 3.63) is 35.9 Å². The minimum atomic E-state index is -0.892. The summed E-state index contributed by atoms with van der Waals surface area (Å²) in [6.45, 7) is 9.40. The third-order valence-corrected chi connectivity index (χ3v) is 6.75. The van der Waals surface area contributed by atoms with E-state index in [9.17, 15) is 19.2 Å². The van der Waals surface area contributed by atoms with Gasteiger partial charge in [-0.3, -0.25) is 14.4 Å². The lowest BCUT2D eigenvalue weighted by Gasteiger charge is -2.29. The lowest BCUT2D eigenvalue weighted by molar-refractivity contribution is -0.158. The number of cyclic esters (lactones) is 1. The van der Waals surface area contributed by atoms with Crippen LogP contribution in [0.25, 0.3) is 0 Å². The number of carbonyl (C=O) groups is 4. The zero-order valence-corrected chi connectivity index (χ0v) is 21.6. The van der Waals surface area contributed by atoms with E-state index in [2.05, 4.69) is 22.9 Å². The fourth-order valence-corrected chi connectivity index (χ4v) is 4.12. The summed E-state index contributed by atoms with van der Waals surface area (Å²) in [6, 6.07) is 6.75. The first-order valence-electron chi connectivity index (χ1n) is 12.8.